The van der Waals surface area contributed by atoms with Crippen LogP contribution in [0.25, 0.3) is 10.9 Å². The Balaban J connectivity index is 0.000000433. The predicted molar refractivity (Wildman–Crippen MR) is 111 cm³/mol. The molecule has 31 heavy (non-hydrogen) atoms. The number of carboxylic acids is 3. The molecule has 1 aliphatic heterocycles. The summed E-state index contributed by atoms with van der Waals surface area (Å²) in [6.45, 7) is 2.96. The minimum atomic E-state index is -1.82. The molecule has 0 amide bonds. The zero-order valence-corrected chi connectivity index (χ0v) is 15.8. The van der Waals surface area contributed by atoms with Gasteiger partial charge in [-0.25, -0.2) is 18.8 Å². The van der Waals surface area contributed by atoms with Gasteiger partial charge < -0.3 is 30.1 Å². The number of hydrogen-bond acceptors (Lipinski definition) is 6. The number of rotatable bonds is 3. The molecule has 1 saturated carbocycles. The van der Waals surface area contributed by atoms with Gasteiger partial charge in [0.25, 0.3) is 0 Å². The molecule has 162 valence electrons. The van der Waals surface area contributed by atoms with Crippen molar-refractivity contribution in [2.24, 2.45) is 0 Å². The molecule has 4 rings (SSSR count). The molecular formula is C19H21FN3NaO7. The fraction of sp³-hybridized carbons (Fsp3) is 0.368. The second kappa shape index (κ2) is 10.2. The number of anilines is 1. The number of aromatic nitrogens is 1. The van der Waals surface area contributed by atoms with Crippen molar-refractivity contribution in [2.45, 2.75) is 18.9 Å². The molecule has 4 N–H and O–H groups in total. The predicted octanol–water partition coefficient (Wildman–Crippen LogP) is 0.0904. The molecular weight excluding hydrogens is 424 g/mol. The van der Waals surface area contributed by atoms with Gasteiger partial charge in [0.15, 0.2) is 0 Å². The molecule has 1 aromatic heterocycles. The van der Waals surface area contributed by atoms with Gasteiger partial charge in [-0.05, 0) is 25.0 Å². The number of aromatic carboxylic acids is 1. The third-order valence-corrected chi connectivity index (χ3v) is 4.91. The van der Waals surface area contributed by atoms with Crippen molar-refractivity contribution in [3.05, 3.63) is 39.9 Å². The second-order valence-electron chi connectivity index (χ2n) is 6.98. The normalized spacial score (nSPS) is 15.5. The van der Waals surface area contributed by atoms with Crippen molar-refractivity contribution >= 4 is 64.1 Å². The molecule has 0 atom stereocenters. The number of fused-ring (bicyclic) bond motifs is 1. The number of aliphatic carboxylic acids is 2. The van der Waals surface area contributed by atoms with Crippen molar-refractivity contribution in [3.8, 4) is 0 Å². The van der Waals surface area contributed by atoms with Gasteiger partial charge in [0, 0.05) is 43.8 Å². The van der Waals surface area contributed by atoms with Crippen molar-refractivity contribution < 1.29 is 34.1 Å². The first kappa shape index (κ1) is 24.8. The third-order valence-electron chi connectivity index (χ3n) is 4.91. The average Bonchev–Trinajstić information content (AvgIpc) is 3.54. The Morgan fingerprint density at radius 3 is 2.10 bits per heavy atom. The van der Waals surface area contributed by atoms with E-state index in [1.54, 1.807) is 6.07 Å². The molecule has 0 spiro atoms. The van der Waals surface area contributed by atoms with Gasteiger partial charge in [-0.1, -0.05) is 0 Å². The third kappa shape index (κ3) is 5.62. The van der Waals surface area contributed by atoms with E-state index in [1.807, 2.05) is 9.47 Å². The summed E-state index contributed by atoms with van der Waals surface area (Å²) in [6, 6.07) is 3.08. The minimum absolute atomic E-state index is 0. The summed E-state index contributed by atoms with van der Waals surface area (Å²) in [7, 11) is 0. The number of carbonyl (C=O) groups is 3. The summed E-state index contributed by atoms with van der Waals surface area (Å²) in [5.41, 5.74) is 0.159. The molecule has 2 heterocycles. The second-order valence-corrected chi connectivity index (χ2v) is 6.98. The van der Waals surface area contributed by atoms with Gasteiger partial charge in [0.2, 0.25) is 5.43 Å². The summed E-state index contributed by atoms with van der Waals surface area (Å²) in [5.74, 6) is -5.40. The van der Waals surface area contributed by atoms with E-state index >= 15 is 0 Å². The van der Waals surface area contributed by atoms with Gasteiger partial charge in [-0.15, -0.1) is 0 Å². The van der Waals surface area contributed by atoms with Crippen LogP contribution in [0.4, 0.5) is 10.1 Å². The van der Waals surface area contributed by atoms with Crippen molar-refractivity contribution in [3.63, 3.8) is 0 Å². The van der Waals surface area contributed by atoms with Gasteiger partial charge in [0.05, 0.1) is 11.2 Å². The monoisotopic (exact) mass is 445 g/mol. The average molecular weight is 445 g/mol. The van der Waals surface area contributed by atoms with E-state index in [0.29, 0.717) is 24.3 Å². The van der Waals surface area contributed by atoms with Crippen molar-refractivity contribution in [2.75, 3.05) is 31.1 Å². The number of nitrogens with one attached hydrogen (secondary N) is 1. The van der Waals surface area contributed by atoms with E-state index in [1.165, 1.54) is 12.3 Å². The molecule has 0 unspecified atom stereocenters. The number of carboxylic acid groups (broad SMARTS) is 3. The number of halogens is 1. The van der Waals surface area contributed by atoms with Crippen molar-refractivity contribution in [1.29, 1.82) is 0 Å². The zero-order valence-electron chi connectivity index (χ0n) is 15.8. The molecule has 2 aliphatic rings. The Morgan fingerprint density at radius 2 is 1.61 bits per heavy atom. The molecule has 2 fully saturated rings. The SMILES string of the molecule is O=C(O)C(=O)O.O=C(O)c1cn(C2CC2)c2cc(N3CCNCC3)c(F)cc2c1=O.[NaH]. The molecule has 10 nitrogen and oxygen atoms in total. The number of benzene rings is 1. The van der Waals surface area contributed by atoms with Crippen LogP contribution in [-0.2, 0) is 9.59 Å². The number of hydrogen-bond donors (Lipinski definition) is 4. The van der Waals surface area contributed by atoms with E-state index in [0.717, 1.165) is 25.9 Å². The topological polar surface area (TPSA) is 149 Å². The number of pyridine rings is 1. The van der Waals surface area contributed by atoms with Crippen LogP contribution < -0.4 is 15.6 Å². The fourth-order valence-corrected chi connectivity index (χ4v) is 3.31. The van der Waals surface area contributed by atoms with Crippen LogP contribution in [0.5, 0.6) is 0 Å². The van der Waals surface area contributed by atoms with Crippen LogP contribution in [0, 0.1) is 5.82 Å². The number of nitrogens with zero attached hydrogens (tertiary/aromatic N) is 2. The van der Waals surface area contributed by atoms with Crippen LogP contribution in [0.15, 0.2) is 23.1 Å². The van der Waals surface area contributed by atoms with Gasteiger partial charge >= 0.3 is 47.5 Å². The van der Waals surface area contributed by atoms with E-state index in [9.17, 15) is 19.1 Å². The van der Waals surface area contributed by atoms with E-state index in [-0.39, 0.29) is 46.5 Å². The molecule has 1 saturated heterocycles. The Kier molecular flexibility index (Phi) is 8.18. The first-order chi connectivity index (χ1) is 14.2. The van der Waals surface area contributed by atoms with E-state index in [4.69, 9.17) is 19.8 Å². The molecule has 1 aliphatic carbocycles. The number of piperazine rings is 1. The van der Waals surface area contributed by atoms with Crippen LogP contribution in [0.1, 0.15) is 29.2 Å². The molecule has 1 aromatic carbocycles. The zero-order chi connectivity index (χ0) is 22.0. The summed E-state index contributed by atoms with van der Waals surface area (Å²) >= 11 is 0. The first-order valence-corrected chi connectivity index (χ1v) is 9.24. The first-order valence-electron chi connectivity index (χ1n) is 9.24. The van der Waals surface area contributed by atoms with Crippen LogP contribution in [0.3, 0.4) is 0 Å². The van der Waals surface area contributed by atoms with Gasteiger partial charge in [-0.2, -0.15) is 0 Å². The summed E-state index contributed by atoms with van der Waals surface area (Å²) < 4.78 is 16.4. The Labute approximate surface area is 197 Å². The molecule has 0 radical (unpaired) electrons. The molecule has 12 heteroatoms. The maximum absolute atomic E-state index is 14.6. The van der Waals surface area contributed by atoms with E-state index in [2.05, 4.69) is 5.32 Å². The van der Waals surface area contributed by atoms with Crippen LogP contribution in [0.2, 0.25) is 0 Å². The fourth-order valence-electron chi connectivity index (χ4n) is 3.31. The Hall–Kier alpha value is -2.47. The summed E-state index contributed by atoms with van der Waals surface area (Å²) in [6.07, 6.45) is 3.29. The summed E-state index contributed by atoms with van der Waals surface area (Å²) in [5, 5.41) is 27.4. The van der Waals surface area contributed by atoms with E-state index < -0.39 is 29.2 Å². The molecule has 0 bridgehead atoms. The summed E-state index contributed by atoms with van der Waals surface area (Å²) in [4.78, 5) is 43.9. The quantitative estimate of drug-likeness (QED) is 0.381. The van der Waals surface area contributed by atoms with Crippen LogP contribution >= 0.6 is 0 Å². The van der Waals surface area contributed by atoms with Crippen LogP contribution in [-0.4, -0.2) is 93.5 Å². The molecule has 2 aromatic rings. The Morgan fingerprint density at radius 1 is 1.03 bits per heavy atom. The van der Waals surface area contributed by atoms with Gasteiger partial charge in [-0.3, -0.25) is 4.79 Å². The van der Waals surface area contributed by atoms with Crippen molar-refractivity contribution in [1.82, 2.24) is 9.88 Å². The van der Waals surface area contributed by atoms with Gasteiger partial charge in [0.1, 0.15) is 11.4 Å². The maximum atomic E-state index is 14.6. The Bertz CT molecular complexity index is 1070. The standard InChI is InChI=1S/C17H18FN3O3.C2H2O4.Na.H/c18-13-7-11-14(8-15(13)20-5-3-19-4-6-20)21(10-1-2-10)9-12(16(11)22)17(23)24;3-1(4)2(5)6;;/h7-10,19H,1-6H2,(H,23,24);(H,3,4)(H,5,6);;.